The van der Waals surface area contributed by atoms with Crippen LogP contribution in [0, 0.1) is 12.3 Å². The van der Waals surface area contributed by atoms with Gasteiger partial charge in [0.25, 0.3) is 0 Å². The highest BCUT2D eigenvalue weighted by Crippen LogP contribution is 2.39. The number of piperidine rings is 2. The van der Waals surface area contributed by atoms with Gasteiger partial charge < -0.3 is 4.90 Å². The first-order valence-electron chi connectivity index (χ1n) is 9.42. The van der Waals surface area contributed by atoms with Crippen LogP contribution in [-0.2, 0) is 17.9 Å². The van der Waals surface area contributed by atoms with Crippen molar-refractivity contribution in [3.63, 3.8) is 0 Å². The summed E-state index contributed by atoms with van der Waals surface area (Å²) in [5, 5.41) is 2.15. The molecule has 0 aromatic carbocycles. The van der Waals surface area contributed by atoms with Crippen molar-refractivity contribution in [3.8, 4) is 0 Å². The molecule has 138 valence electrons. The third-order valence-electron chi connectivity index (χ3n) is 5.64. The minimum atomic E-state index is 0.238. The molecule has 4 heterocycles. The third-order valence-corrected chi connectivity index (χ3v) is 6.50. The summed E-state index contributed by atoms with van der Waals surface area (Å²) in [6.07, 6.45) is 7.70. The number of aromatic nitrogens is 2. The van der Waals surface area contributed by atoms with Crippen LogP contribution < -0.4 is 0 Å². The standard InChI is InChI=1S/C20H26N4OS/c1-16-10-22-17(11-21-16)12-24-15-20(7-5-19(24)25)6-3-8-23(14-20)13-18-4-2-9-26-18/h2,4,9-11H,3,5-8,12-15H2,1H3/t20-/m1/s1. The fraction of sp³-hybridized carbons (Fsp3) is 0.550. The van der Waals surface area contributed by atoms with Crippen molar-refractivity contribution in [1.82, 2.24) is 19.8 Å². The van der Waals surface area contributed by atoms with E-state index in [-0.39, 0.29) is 11.3 Å². The number of carbonyl (C=O) groups is 1. The lowest BCUT2D eigenvalue weighted by molar-refractivity contribution is -0.140. The van der Waals surface area contributed by atoms with Crippen molar-refractivity contribution in [2.45, 2.75) is 45.7 Å². The topological polar surface area (TPSA) is 49.3 Å². The van der Waals surface area contributed by atoms with Crippen molar-refractivity contribution in [1.29, 1.82) is 0 Å². The average molecular weight is 371 g/mol. The van der Waals surface area contributed by atoms with Gasteiger partial charge in [0.1, 0.15) is 0 Å². The first kappa shape index (κ1) is 17.6. The van der Waals surface area contributed by atoms with Crippen LogP contribution >= 0.6 is 11.3 Å². The van der Waals surface area contributed by atoms with E-state index < -0.39 is 0 Å². The molecule has 2 fully saturated rings. The van der Waals surface area contributed by atoms with E-state index in [0.29, 0.717) is 13.0 Å². The maximum Gasteiger partial charge on any atom is 0.222 e. The largest absolute Gasteiger partial charge is 0.336 e. The van der Waals surface area contributed by atoms with Crippen LogP contribution in [0.2, 0.25) is 0 Å². The van der Waals surface area contributed by atoms with Crippen LogP contribution in [0.3, 0.4) is 0 Å². The monoisotopic (exact) mass is 370 g/mol. The summed E-state index contributed by atoms with van der Waals surface area (Å²) in [5.41, 5.74) is 2.03. The van der Waals surface area contributed by atoms with Crippen LogP contribution in [0.5, 0.6) is 0 Å². The van der Waals surface area contributed by atoms with Gasteiger partial charge >= 0.3 is 0 Å². The smallest absolute Gasteiger partial charge is 0.222 e. The Balaban J connectivity index is 1.44. The van der Waals surface area contributed by atoms with E-state index in [9.17, 15) is 4.79 Å². The zero-order chi connectivity index (χ0) is 18.0. The summed E-state index contributed by atoms with van der Waals surface area (Å²) < 4.78 is 0. The number of nitrogens with zero attached hydrogens (tertiary/aromatic N) is 4. The zero-order valence-electron chi connectivity index (χ0n) is 15.4. The second kappa shape index (κ2) is 7.45. The number of rotatable bonds is 4. The van der Waals surface area contributed by atoms with E-state index in [2.05, 4.69) is 32.4 Å². The van der Waals surface area contributed by atoms with Gasteiger partial charge in [-0.1, -0.05) is 6.07 Å². The van der Waals surface area contributed by atoms with Gasteiger partial charge in [0.15, 0.2) is 0 Å². The predicted molar refractivity (Wildman–Crippen MR) is 103 cm³/mol. The van der Waals surface area contributed by atoms with Crippen LogP contribution in [0.4, 0.5) is 0 Å². The summed E-state index contributed by atoms with van der Waals surface area (Å²) in [4.78, 5) is 27.3. The van der Waals surface area contributed by atoms with Crippen LogP contribution in [-0.4, -0.2) is 45.3 Å². The Morgan fingerprint density at radius 1 is 1.19 bits per heavy atom. The number of aryl methyl sites for hydroxylation is 1. The molecular formula is C20H26N4OS. The van der Waals surface area contributed by atoms with E-state index in [1.54, 1.807) is 12.4 Å². The van der Waals surface area contributed by atoms with Gasteiger partial charge in [0.05, 0.1) is 24.1 Å². The van der Waals surface area contributed by atoms with Crippen LogP contribution in [0.1, 0.15) is 41.9 Å². The van der Waals surface area contributed by atoms with E-state index in [0.717, 1.165) is 44.0 Å². The number of hydrogen-bond donors (Lipinski definition) is 0. The van der Waals surface area contributed by atoms with E-state index >= 15 is 0 Å². The number of likely N-dealkylation sites (tertiary alicyclic amines) is 2. The second-order valence-corrected chi connectivity index (χ2v) is 8.82. The molecule has 0 saturated carbocycles. The molecule has 6 heteroatoms. The molecule has 2 aliphatic rings. The molecule has 0 radical (unpaired) electrons. The average Bonchev–Trinajstić information content (AvgIpc) is 3.14. The summed E-state index contributed by atoms with van der Waals surface area (Å²) in [7, 11) is 0. The summed E-state index contributed by atoms with van der Waals surface area (Å²) in [5.74, 6) is 0.258. The van der Waals surface area contributed by atoms with Gasteiger partial charge in [-0.3, -0.25) is 19.7 Å². The molecule has 0 aliphatic carbocycles. The Morgan fingerprint density at radius 3 is 2.88 bits per heavy atom. The first-order valence-corrected chi connectivity index (χ1v) is 10.3. The summed E-state index contributed by atoms with van der Waals surface area (Å²) >= 11 is 1.83. The van der Waals surface area contributed by atoms with Crippen molar-refractivity contribution in [2.24, 2.45) is 5.41 Å². The molecule has 2 aliphatic heterocycles. The number of hydrogen-bond acceptors (Lipinski definition) is 5. The lowest BCUT2D eigenvalue weighted by Gasteiger charge is -2.48. The van der Waals surface area contributed by atoms with E-state index in [1.807, 2.05) is 23.2 Å². The van der Waals surface area contributed by atoms with Crippen LogP contribution in [0.15, 0.2) is 29.9 Å². The van der Waals surface area contributed by atoms with Crippen molar-refractivity contribution in [3.05, 3.63) is 46.2 Å². The molecule has 1 amide bonds. The molecule has 2 saturated heterocycles. The molecular weight excluding hydrogens is 344 g/mol. The molecule has 26 heavy (non-hydrogen) atoms. The molecule has 4 rings (SSSR count). The molecule has 5 nitrogen and oxygen atoms in total. The van der Waals surface area contributed by atoms with Crippen molar-refractivity contribution >= 4 is 17.2 Å². The van der Waals surface area contributed by atoms with Crippen molar-refractivity contribution < 1.29 is 4.79 Å². The predicted octanol–water partition coefficient (Wildman–Crippen LogP) is 3.25. The third kappa shape index (κ3) is 3.96. The molecule has 2 aromatic rings. The summed E-state index contributed by atoms with van der Waals surface area (Å²) in [6.45, 7) is 6.66. The Morgan fingerprint density at radius 2 is 2.12 bits per heavy atom. The normalized spacial score (nSPS) is 24.3. The lowest BCUT2D eigenvalue weighted by Crippen LogP contribution is -2.53. The number of carbonyl (C=O) groups excluding carboxylic acids is 1. The molecule has 0 N–H and O–H groups in total. The molecule has 0 bridgehead atoms. The Labute approximate surface area is 159 Å². The highest BCUT2D eigenvalue weighted by Gasteiger charge is 2.41. The number of thiophene rings is 1. The molecule has 1 spiro atoms. The zero-order valence-corrected chi connectivity index (χ0v) is 16.2. The Bertz CT molecular complexity index is 746. The van der Waals surface area contributed by atoms with E-state index in [1.165, 1.54) is 17.7 Å². The van der Waals surface area contributed by atoms with Crippen LogP contribution in [0.25, 0.3) is 0 Å². The SMILES string of the molecule is Cc1cnc(CN2C[C@]3(CCCN(Cc4cccs4)C3)CCC2=O)cn1. The van der Waals surface area contributed by atoms with Gasteiger partial charge in [-0.25, -0.2) is 0 Å². The fourth-order valence-electron chi connectivity index (χ4n) is 4.34. The summed E-state index contributed by atoms with van der Waals surface area (Å²) in [6, 6.07) is 4.35. The second-order valence-electron chi connectivity index (χ2n) is 7.79. The Kier molecular flexibility index (Phi) is 5.05. The van der Waals surface area contributed by atoms with Crippen molar-refractivity contribution in [2.75, 3.05) is 19.6 Å². The molecule has 0 unspecified atom stereocenters. The van der Waals surface area contributed by atoms with Gasteiger partial charge in [0, 0.05) is 42.5 Å². The van der Waals surface area contributed by atoms with E-state index in [4.69, 9.17) is 0 Å². The first-order chi connectivity index (χ1) is 12.6. The van der Waals surface area contributed by atoms with Gasteiger partial charge in [0.2, 0.25) is 5.91 Å². The number of amides is 1. The minimum Gasteiger partial charge on any atom is -0.336 e. The van der Waals surface area contributed by atoms with Gasteiger partial charge in [-0.15, -0.1) is 11.3 Å². The highest BCUT2D eigenvalue weighted by molar-refractivity contribution is 7.09. The highest BCUT2D eigenvalue weighted by atomic mass is 32.1. The fourth-order valence-corrected chi connectivity index (χ4v) is 5.09. The maximum absolute atomic E-state index is 12.5. The molecule has 2 aromatic heterocycles. The Hall–Kier alpha value is -1.79. The van der Waals surface area contributed by atoms with Gasteiger partial charge in [-0.2, -0.15) is 0 Å². The molecule has 1 atom stereocenters. The quantitative estimate of drug-likeness (QED) is 0.829. The maximum atomic E-state index is 12.5. The minimum absolute atomic E-state index is 0.238. The lowest BCUT2D eigenvalue weighted by atomic mass is 9.73. The van der Waals surface area contributed by atoms with Gasteiger partial charge in [-0.05, 0) is 44.2 Å².